The van der Waals surface area contributed by atoms with Crippen LogP contribution < -0.4 is 10.5 Å². The van der Waals surface area contributed by atoms with Gasteiger partial charge in [0.1, 0.15) is 5.75 Å². The summed E-state index contributed by atoms with van der Waals surface area (Å²) in [6.07, 6.45) is 0.884. The van der Waals surface area contributed by atoms with Crippen molar-refractivity contribution in [1.82, 2.24) is 0 Å². The smallest absolute Gasteiger partial charge is 0.125 e. The third kappa shape index (κ3) is 1.52. The van der Waals surface area contributed by atoms with Crippen LogP contribution in [0.3, 0.4) is 0 Å². The quantitative estimate of drug-likeness (QED) is 0.694. The molecule has 1 aromatic carbocycles. The topological polar surface area (TPSA) is 35.2 Å². The minimum atomic E-state index is 0.0982. The van der Waals surface area contributed by atoms with Crippen LogP contribution in [-0.4, -0.2) is 6.61 Å². The third-order valence-corrected chi connectivity index (χ3v) is 2.59. The zero-order valence-electron chi connectivity index (χ0n) is 7.51. The molecule has 0 aromatic heterocycles. The highest BCUT2D eigenvalue weighted by Gasteiger charge is 2.20. The second-order valence-electron chi connectivity index (χ2n) is 3.38. The van der Waals surface area contributed by atoms with Gasteiger partial charge in [-0.1, -0.05) is 11.6 Å². The van der Waals surface area contributed by atoms with Crippen LogP contribution in [-0.2, 0) is 0 Å². The van der Waals surface area contributed by atoms with Gasteiger partial charge in [-0.05, 0) is 24.6 Å². The van der Waals surface area contributed by atoms with Crippen LogP contribution in [0.4, 0.5) is 0 Å². The molecule has 1 heterocycles. The van der Waals surface area contributed by atoms with Crippen LogP contribution in [0.15, 0.2) is 12.1 Å². The molecular formula is C10H12ClNO. The van der Waals surface area contributed by atoms with E-state index in [9.17, 15) is 0 Å². The van der Waals surface area contributed by atoms with Crippen LogP contribution in [0, 0.1) is 6.92 Å². The van der Waals surface area contributed by atoms with E-state index in [0.29, 0.717) is 11.6 Å². The van der Waals surface area contributed by atoms with Crippen molar-refractivity contribution in [1.29, 1.82) is 0 Å². The number of hydrogen-bond acceptors (Lipinski definition) is 2. The molecule has 0 radical (unpaired) electrons. The van der Waals surface area contributed by atoms with Gasteiger partial charge >= 0.3 is 0 Å². The van der Waals surface area contributed by atoms with Gasteiger partial charge in [0, 0.05) is 23.0 Å². The number of halogens is 1. The van der Waals surface area contributed by atoms with Crippen LogP contribution in [0.2, 0.25) is 5.02 Å². The zero-order valence-corrected chi connectivity index (χ0v) is 8.27. The highest BCUT2D eigenvalue weighted by atomic mass is 35.5. The number of rotatable bonds is 0. The van der Waals surface area contributed by atoms with Crippen LogP contribution in [0.5, 0.6) is 5.75 Å². The van der Waals surface area contributed by atoms with E-state index in [4.69, 9.17) is 22.1 Å². The summed E-state index contributed by atoms with van der Waals surface area (Å²) in [6, 6.07) is 3.86. The molecule has 2 nitrogen and oxygen atoms in total. The average molecular weight is 198 g/mol. The van der Waals surface area contributed by atoms with Crippen molar-refractivity contribution in [2.75, 3.05) is 6.61 Å². The average Bonchev–Trinajstić information content (AvgIpc) is 2.02. The SMILES string of the molecule is Cc1cc(Cl)cc2c1[C@@H](N)CCO2. The standard InChI is InChI=1S/C10H12ClNO/c1-6-4-7(11)5-9-10(6)8(12)2-3-13-9/h4-5,8H,2-3,12H2,1H3/t8-/m0/s1. The maximum absolute atomic E-state index is 5.97. The number of nitrogens with two attached hydrogens (primary N) is 1. The molecule has 0 fully saturated rings. The Morgan fingerprint density at radius 3 is 3.08 bits per heavy atom. The summed E-state index contributed by atoms with van der Waals surface area (Å²) in [6.45, 7) is 2.70. The normalized spacial score (nSPS) is 20.7. The fourth-order valence-corrected chi connectivity index (χ4v) is 2.02. The molecule has 1 aromatic rings. The van der Waals surface area contributed by atoms with Crippen molar-refractivity contribution < 1.29 is 4.74 Å². The Kier molecular flexibility index (Phi) is 2.18. The summed E-state index contributed by atoms with van der Waals surface area (Å²) in [5.74, 6) is 0.851. The highest BCUT2D eigenvalue weighted by Crippen LogP contribution is 2.35. The molecule has 0 aliphatic carbocycles. The Bertz CT molecular complexity index is 338. The van der Waals surface area contributed by atoms with Crippen molar-refractivity contribution in [3.8, 4) is 5.75 Å². The highest BCUT2D eigenvalue weighted by molar-refractivity contribution is 6.30. The van der Waals surface area contributed by atoms with E-state index in [1.54, 1.807) is 0 Å². The lowest BCUT2D eigenvalue weighted by atomic mass is 9.97. The first-order chi connectivity index (χ1) is 6.18. The Morgan fingerprint density at radius 1 is 1.54 bits per heavy atom. The van der Waals surface area contributed by atoms with Gasteiger partial charge in [0.05, 0.1) is 6.61 Å². The van der Waals surface area contributed by atoms with Gasteiger partial charge in [-0.2, -0.15) is 0 Å². The van der Waals surface area contributed by atoms with Crippen LogP contribution >= 0.6 is 11.6 Å². The molecule has 0 saturated heterocycles. The van der Waals surface area contributed by atoms with Gasteiger partial charge in [-0.25, -0.2) is 0 Å². The van der Waals surface area contributed by atoms with E-state index in [1.807, 2.05) is 19.1 Å². The summed E-state index contributed by atoms with van der Waals surface area (Å²) in [7, 11) is 0. The molecule has 1 aliphatic heterocycles. The Morgan fingerprint density at radius 2 is 2.31 bits per heavy atom. The third-order valence-electron chi connectivity index (χ3n) is 2.37. The molecule has 0 amide bonds. The van der Waals surface area contributed by atoms with E-state index < -0.39 is 0 Å². The molecule has 1 atom stereocenters. The van der Waals surface area contributed by atoms with Crippen molar-refractivity contribution >= 4 is 11.6 Å². The maximum Gasteiger partial charge on any atom is 0.125 e. The predicted octanol–water partition coefficient (Wildman–Crippen LogP) is 2.43. The molecule has 13 heavy (non-hydrogen) atoms. The maximum atomic E-state index is 5.97. The molecule has 2 N–H and O–H groups in total. The van der Waals surface area contributed by atoms with Crippen molar-refractivity contribution in [2.45, 2.75) is 19.4 Å². The molecular weight excluding hydrogens is 186 g/mol. The fourth-order valence-electron chi connectivity index (χ4n) is 1.76. The van der Waals surface area contributed by atoms with E-state index in [0.717, 1.165) is 23.3 Å². The van der Waals surface area contributed by atoms with Gasteiger partial charge < -0.3 is 10.5 Å². The van der Waals surface area contributed by atoms with Crippen molar-refractivity contribution in [2.24, 2.45) is 5.73 Å². The monoisotopic (exact) mass is 197 g/mol. The number of ether oxygens (including phenoxy) is 1. The number of aryl methyl sites for hydroxylation is 1. The second kappa shape index (κ2) is 3.20. The van der Waals surface area contributed by atoms with Gasteiger partial charge in [0.15, 0.2) is 0 Å². The minimum absolute atomic E-state index is 0.0982. The predicted molar refractivity (Wildman–Crippen MR) is 53.2 cm³/mol. The largest absolute Gasteiger partial charge is 0.493 e. The fraction of sp³-hybridized carbons (Fsp3) is 0.400. The summed E-state index contributed by atoms with van der Waals surface area (Å²) >= 11 is 5.91. The van der Waals surface area contributed by atoms with Crippen LogP contribution in [0.25, 0.3) is 0 Å². The van der Waals surface area contributed by atoms with Crippen molar-refractivity contribution in [3.63, 3.8) is 0 Å². The molecule has 70 valence electrons. The first kappa shape index (κ1) is 8.85. The molecule has 0 bridgehead atoms. The van der Waals surface area contributed by atoms with Crippen LogP contribution in [0.1, 0.15) is 23.6 Å². The Labute approximate surface area is 82.6 Å². The zero-order chi connectivity index (χ0) is 9.42. The van der Waals surface area contributed by atoms with Gasteiger partial charge in [0.25, 0.3) is 0 Å². The molecule has 0 unspecified atom stereocenters. The van der Waals surface area contributed by atoms with Gasteiger partial charge in [-0.15, -0.1) is 0 Å². The molecule has 1 aliphatic rings. The number of benzene rings is 1. The molecule has 2 rings (SSSR count). The van der Waals surface area contributed by atoms with E-state index >= 15 is 0 Å². The first-order valence-electron chi connectivity index (χ1n) is 4.37. The Balaban J connectivity index is 2.56. The summed E-state index contributed by atoms with van der Waals surface area (Å²) in [5.41, 5.74) is 8.20. The summed E-state index contributed by atoms with van der Waals surface area (Å²) < 4.78 is 5.49. The lowest BCUT2D eigenvalue weighted by molar-refractivity contribution is 0.268. The summed E-state index contributed by atoms with van der Waals surface area (Å²) in [5, 5.41) is 0.713. The first-order valence-corrected chi connectivity index (χ1v) is 4.74. The minimum Gasteiger partial charge on any atom is -0.493 e. The number of hydrogen-bond donors (Lipinski definition) is 1. The van der Waals surface area contributed by atoms with E-state index in [2.05, 4.69) is 0 Å². The number of fused-ring (bicyclic) bond motifs is 1. The lowest BCUT2D eigenvalue weighted by Crippen LogP contribution is -2.21. The molecule has 0 saturated carbocycles. The van der Waals surface area contributed by atoms with E-state index in [1.165, 1.54) is 0 Å². The summed E-state index contributed by atoms with van der Waals surface area (Å²) in [4.78, 5) is 0. The van der Waals surface area contributed by atoms with Gasteiger partial charge in [0.2, 0.25) is 0 Å². The molecule has 0 spiro atoms. The second-order valence-corrected chi connectivity index (χ2v) is 3.81. The van der Waals surface area contributed by atoms with Crippen molar-refractivity contribution in [3.05, 3.63) is 28.3 Å². The van der Waals surface area contributed by atoms with Gasteiger partial charge in [-0.3, -0.25) is 0 Å². The Hall–Kier alpha value is -0.730. The van der Waals surface area contributed by atoms with E-state index in [-0.39, 0.29) is 6.04 Å². The molecule has 3 heteroatoms. The lowest BCUT2D eigenvalue weighted by Gasteiger charge is -2.24.